The minimum absolute atomic E-state index is 0.156. The van der Waals surface area contributed by atoms with Crippen molar-refractivity contribution in [1.82, 2.24) is 10.2 Å². The molecule has 2 amide bonds. The average molecular weight is 366 g/mol. The van der Waals surface area contributed by atoms with Gasteiger partial charge in [0.2, 0.25) is 0 Å². The molecule has 0 radical (unpaired) electrons. The van der Waals surface area contributed by atoms with Gasteiger partial charge in [0.1, 0.15) is 0 Å². The van der Waals surface area contributed by atoms with Crippen LogP contribution >= 0.6 is 0 Å². The number of halogens is 3. The van der Waals surface area contributed by atoms with E-state index in [0.29, 0.717) is 12.5 Å². The smallest absolute Gasteiger partial charge is 0.394 e. The predicted molar refractivity (Wildman–Crippen MR) is 83.0 cm³/mol. The van der Waals surface area contributed by atoms with Crippen LogP contribution in [0.25, 0.3) is 0 Å². The van der Waals surface area contributed by atoms with Crippen LogP contribution in [-0.2, 0) is 9.53 Å². The van der Waals surface area contributed by atoms with Crippen LogP contribution in [0, 0.1) is 17.8 Å². The molecule has 2 fully saturated rings. The molecule has 0 aromatic rings. The minimum atomic E-state index is -4.64. The molecular formula is C16H25F3N2O4. The van der Waals surface area contributed by atoms with Crippen LogP contribution in [0.15, 0.2) is 0 Å². The van der Waals surface area contributed by atoms with E-state index in [1.165, 1.54) is 6.42 Å². The van der Waals surface area contributed by atoms with Gasteiger partial charge < -0.3 is 20.1 Å². The first-order valence-electron chi connectivity index (χ1n) is 8.64. The van der Waals surface area contributed by atoms with Crippen LogP contribution in [0.3, 0.4) is 0 Å². The van der Waals surface area contributed by atoms with Crippen molar-refractivity contribution >= 4 is 12.0 Å². The molecule has 9 heteroatoms. The van der Waals surface area contributed by atoms with Gasteiger partial charge in [0.25, 0.3) is 0 Å². The number of ether oxygens (including phenoxy) is 1. The van der Waals surface area contributed by atoms with Gasteiger partial charge in [-0.1, -0.05) is 19.8 Å². The Bertz CT molecular complexity index is 486. The highest BCUT2D eigenvalue weighted by atomic mass is 19.4. The van der Waals surface area contributed by atoms with Crippen LogP contribution < -0.4 is 5.32 Å². The Balaban J connectivity index is 1.76. The molecule has 1 aliphatic carbocycles. The summed E-state index contributed by atoms with van der Waals surface area (Å²) in [6.07, 6.45) is -0.0844. The molecule has 0 spiro atoms. The quantitative estimate of drug-likeness (QED) is 0.733. The van der Waals surface area contributed by atoms with E-state index in [2.05, 4.69) is 12.2 Å². The number of hydrogen-bond donors (Lipinski definition) is 2. The molecule has 0 aromatic heterocycles. The number of aliphatic carboxylic acids is 1. The van der Waals surface area contributed by atoms with Crippen molar-refractivity contribution in [1.29, 1.82) is 0 Å². The standard InChI is InChI=1S/C16H25F3N2O4/c1-10-4-2-3-5-13(10)25-7-6-20-15(24)21-8-11(14(22)23)12(9-21)16(17,18)19/h10-13H,2-9H2,1H3,(H,20,24)(H,22,23)/t10?,11-,12-,13?/m1/s1. The highest BCUT2D eigenvalue weighted by molar-refractivity contribution is 5.77. The van der Waals surface area contributed by atoms with E-state index < -0.39 is 43.1 Å². The molecule has 2 unspecified atom stereocenters. The van der Waals surface area contributed by atoms with E-state index in [1.807, 2.05) is 0 Å². The Morgan fingerprint density at radius 2 is 1.92 bits per heavy atom. The molecule has 144 valence electrons. The van der Waals surface area contributed by atoms with Gasteiger partial charge in [0.05, 0.1) is 24.5 Å². The number of carboxylic acid groups (broad SMARTS) is 1. The number of amides is 2. The number of rotatable bonds is 5. The summed E-state index contributed by atoms with van der Waals surface area (Å²) in [5.74, 6) is -4.72. The van der Waals surface area contributed by atoms with E-state index in [9.17, 15) is 22.8 Å². The first kappa shape index (κ1) is 19.8. The third-order valence-corrected chi connectivity index (χ3v) is 5.09. The first-order valence-corrected chi connectivity index (χ1v) is 8.64. The van der Waals surface area contributed by atoms with E-state index >= 15 is 0 Å². The summed E-state index contributed by atoms with van der Waals surface area (Å²) in [7, 11) is 0. The summed E-state index contributed by atoms with van der Waals surface area (Å²) in [6.45, 7) is 1.53. The molecule has 1 saturated heterocycles. The Morgan fingerprint density at radius 1 is 1.24 bits per heavy atom. The number of carboxylic acids is 1. The molecule has 1 heterocycles. The van der Waals surface area contributed by atoms with Crippen LogP contribution in [0.5, 0.6) is 0 Å². The van der Waals surface area contributed by atoms with Gasteiger partial charge in [-0.25, -0.2) is 4.79 Å². The summed E-state index contributed by atoms with van der Waals surface area (Å²) < 4.78 is 44.5. The molecule has 6 nitrogen and oxygen atoms in total. The van der Waals surface area contributed by atoms with Crippen molar-refractivity contribution < 1.29 is 32.6 Å². The van der Waals surface area contributed by atoms with Crippen LogP contribution in [0.2, 0.25) is 0 Å². The molecule has 4 atom stereocenters. The highest BCUT2D eigenvalue weighted by Gasteiger charge is 2.53. The minimum Gasteiger partial charge on any atom is -0.481 e. The second kappa shape index (κ2) is 8.25. The molecule has 2 N–H and O–H groups in total. The van der Waals surface area contributed by atoms with Crippen molar-refractivity contribution in [2.75, 3.05) is 26.2 Å². The lowest BCUT2D eigenvalue weighted by Gasteiger charge is -2.28. The number of hydrogen-bond acceptors (Lipinski definition) is 3. The zero-order chi connectivity index (χ0) is 18.6. The van der Waals surface area contributed by atoms with Crippen molar-refractivity contribution in [3.63, 3.8) is 0 Å². The third kappa shape index (κ3) is 5.23. The number of carbonyl (C=O) groups excluding carboxylic acids is 1. The van der Waals surface area contributed by atoms with E-state index in [4.69, 9.17) is 9.84 Å². The molecule has 2 aliphatic rings. The van der Waals surface area contributed by atoms with Gasteiger partial charge in [-0.3, -0.25) is 4.79 Å². The fourth-order valence-corrected chi connectivity index (χ4v) is 3.56. The average Bonchev–Trinajstić information content (AvgIpc) is 2.99. The van der Waals surface area contributed by atoms with Crippen molar-refractivity contribution in [3.8, 4) is 0 Å². The molecule has 2 rings (SSSR count). The number of nitrogens with one attached hydrogen (secondary N) is 1. The molecular weight excluding hydrogens is 341 g/mol. The number of urea groups is 1. The summed E-state index contributed by atoms with van der Waals surface area (Å²) in [4.78, 5) is 23.9. The maximum absolute atomic E-state index is 12.9. The van der Waals surface area contributed by atoms with Gasteiger partial charge in [-0.05, 0) is 18.8 Å². The summed E-state index contributed by atoms with van der Waals surface area (Å²) in [6, 6.07) is -0.682. The second-order valence-corrected chi connectivity index (χ2v) is 6.90. The van der Waals surface area contributed by atoms with E-state index in [-0.39, 0.29) is 12.6 Å². The largest absolute Gasteiger partial charge is 0.481 e. The zero-order valence-electron chi connectivity index (χ0n) is 14.2. The van der Waals surface area contributed by atoms with Crippen molar-refractivity contribution in [3.05, 3.63) is 0 Å². The third-order valence-electron chi connectivity index (χ3n) is 5.09. The van der Waals surface area contributed by atoms with Crippen LogP contribution in [0.1, 0.15) is 32.6 Å². The summed E-state index contributed by atoms with van der Waals surface area (Å²) >= 11 is 0. The topological polar surface area (TPSA) is 78.9 Å². The lowest BCUT2D eigenvalue weighted by atomic mass is 9.88. The summed E-state index contributed by atoms with van der Waals surface area (Å²) in [5, 5.41) is 11.5. The normalized spacial score (nSPS) is 30.3. The van der Waals surface area contributed by atoms with Gasteiger partial charge in [-0.2, -0.15) is 13.2 Å². The van der Waals surface area contributed by atoms with Crippen LogP contribution in [0.4, 0.5) is 18.0 Å². The Kier molecular flexibility index (Phi) is 6.53. The fraction of sp³-hybridized carbons (Fsp3) is 0.875. The second-order valence-electron chi connectivity index (χ2n) is 6.90. The highest BCUT2D eigenvalue weighted by Crippen LogP contribution is 2.37. The van der Waals surface area contributed by atoms with Gasteiger partial charge in [0, 0.05) is 19.6 Å². The first-order chi connectivity index (χ1) is 11.7. The summed E-state index contributed by atoms with van der Waals surface area (Å²) in [5.41, 5.74) is 0. The SMILES string of the molecule is CC1CCCCC1OCCNC(=O)N1C[C@@H](C(F)(F)F)[C@H](C(=O)O)C1. The van der Waals surface area contributed by atoms with Gasteiger partial charge in [-0.15, -0.1) is 0 Å². The number of likely N-dealkylation sites (tertiary alicyclic amines) is 1. The maximum Gasteiger partial charge on any atom is 0.394 e. The Hall–Kier alpha value is -1.51. The monoisotopic (exact) mass is 366 g/mol. The Morgan fingerprint density at radius 3 is 2.48 bits per heavy atom. The Labute approximate surface area is 144 Å². The van der Waals surface area contributed by atoms with E-state index in [0.717, 1.165) is 24.2 Å². The molecule has 1 aliphatic heterocycles. The van der Waals surface area contributed by atoms with E-state index in [1.54, 1.807) is 0 Å². The maximum atomic E-state index is 12.9. The molecule has 0 aromatic carbocycles. The van der Waals surface area contributed by atoms with Crippen LogP contribution in [-0.4, -0.2) is 60.5 Å². The number of alkyl halides is 3. The lowest BCUT2D eigenvalue weighted by molar-refractivity contribution is -0.187. The number of nitrogens with zero attached hydrogens (tertiary/aromatic N) is 1. The van der Waals surface area contributed by atoms with Gasteiger partial charge in [0.15, 0.2) is 0 Å². The lowest BCUT2D eigenvalue weighted by Crippen LogP contribution is -2.41. The molecule has 25 heavy (non-hydrogen) atoms. The predicted octanol–water partition coefficient (Wildman–Crippen LogP) is 2.49. The fourth-order valence-electron chi connectivity index (χ4n) is 3.56. The zero-order valence-corrected chi connectivity index (χ0v) is 14.2. The molecule has 1 saturated carbocycles. The number of carbonyl (C=O) groups is 2. The van der Waals surface area contributed by atoms with Crippen molar-refractivity contribution in [2.45, 2.75) is 44.9 Å². The van der Waals surface area contributed by atoms with Gasteiger partial charge >= 0.3 is 18.2 Å². The molecule has 0 bridgehead atoms. The van der Waals surface area contributed by atoms with Crippen molar-refractivity contribution in [2.24, 2.45) is 17.8 Å².